The van der Waals surface area contributed by atoms with Crippen LogP contribution in [0.25, 0.3) is 11.3 Å². The molecule has 0 unspecified atom stereocenters. The molecule has 6 heteroatoms. The monoisotopic (exact) mass is 263 g/mol. The summed E-state index contributed by atoms with van der Waals surface area (Å²) in [4.78, 5) is 14.5. The fourth-order valence-electron chi connectivity index (χ4n) is 0.980. The van der Waals surface area contributed by atoms with Crippen LogP contribution in [0, 0.1) is 0 Å². The van der Waals surface area contributed by atoms with Crippen LogP contribution in [0.5, 0.6) is 0 Å². The quantitative estimate of drug-likeness (QED) is 0.767. The lowest BCUT2D eigenvalue weighted by Gasteiger charge is -1.89. The number of hydrogen-bond acceptors (Lipinski definition) is 4. The fourth-order valence-corrected chi connectivity index (χ4v) is 3.08. The minimum Gasteiger partial charge on any atom is -0.295 e. The van der Waals surface area contributed by atoms with Crippen molar-refractivity contribution in [1.82, 2.24) is 4.98 Å². The summed E-state index contributed by atoms with van der Waals surface area (Å²) in [6.45, 7) is 0. The summed E-state index contributed by atoms with van der Waals surface area (Å²) < 4.78 is 1.21. The van der Waals surface area contributed by atoms with E-state index in [4.69, 9.17) is 23.2 Å². The molecule has 2 aromatic rings. The number of carbonyl (C=O) groups excluding carboxylic acids is 1. The predicted molar refractivity (Wildman–Crippen MR) is 60.8 cm³/mol. The molecule has 0 aliphatic rings. The number of hydrogen-bond donors (Lipinski definition) is 0. The average molecular weight is 264 g/mol. The zero-order chi connectivity index (χ0) is 10.1. The van der Waals surface area contributed by atoms with Gasteiger partial charge in [0.2, 0.25) is 0 Å². The summed E-state index contributed by atoms with van der Waals surface area (Å²) in [7, 11) is 0. The Balaban J connectivity index is 2.48. The molecule has 0 aliphatic heterocycles. The van der Waals surface area contributed by atoms with Gasteiger partial charge in [0.1, 0.15) is 4.34 Å². The zero-order valence-corrected chi connectivity index (χ0v) is 9.80. The Kier molecular flexibility index (Phi) is 2.88. The van der Waals surface area contributed by atoms with Gasteiger partial charge in [-0.15, -0.1) is 22.7 Å². The van der Waals surface area contributed by atoms with Crippen molar-refractivity contribution in [2.24, 2.45) is 0 Å². The number of nitrogens with zero attached hydrogens (tertiary/aromatic N) is 1. The maximum Gasteiger partial charge on any atom is 0.178 e. The van der Waals surface area contributed by atoms with E-state index in [9.17, 15) is 4.79 Å². The summed E-state index contributed by atoms with van der Waals surface area (Å²) in [5.41, 5.74) is 1.48. The Morgan fingerprint density at radius 1 is 1.43 bits per heavy atom. The highest BCUT2D eigenvalue weighted by atomic mass is 35.5. The second-order valence-electron chi connectivity index (χ2n) is 2.43. The van der Waals surface area contributed by atoms with Gasteiger partial charge < -0.3 is 0 Å². The molecule has 2 rings (SSSR count). The third kappa shape index (κ3) is 1.83. The molecule has 2 heterocycles. The Morgan fingerprint density at radius 2 is 2.21 bits per heavy atom. The molecule has 2 aromatic heterocycles. The molecule has 0 saturated carbocycles. The maximum atomic E-state index is 10.4. The second-order valence-corrected chi connectivity index (χ2v) is 5.60. The van der Waals surface area contributed by atoms with Crippen LogP contribution in [0.1, 0.15) is 9.80 Å². The van der Waals surface area contributed by atoms with Crippen LogP contribution in [0.4, 0.5) is 0 Å². The average Bonchev–Trinajstić information content (AvgIpc) is 2.71. The van der Waals surface area contributed by atoms with Gasteiger partial charge >= 0.3 is 0 Å². The smallest absolute Gasteiger partial charge is 0.178 e. The van der Waals surface area contributed by atoms with Crippen molar-refractivity contribution < 1.29 is 4.79 Å². The summed E-state index contributed by atoms with van der Waals surface area (Å²) in [6, 6.07) is 1.75. The first kappa shape index (κ1) is 10.1. The van der Waals surface area contributed by atoms with E-state index in [2.05, 4.69) is 4.98 Å². The van der Waals surface area contributed by atoms with Crippen LogP contribution < -0.4 is 0 Å². The molecule has 0 saturated heterocycles. The topological polar surface area (TPSA) is 30.0 Å². The number of aromatic nitrogens is 1. The van der Waals surface area contributed by atoms with Gasteiger partial charge in [0.15, 0.2) is 11.3 Å². The minimum atomic E-state index is 0.443. The van der Waals surface area contributed by atoms with E-state index in [-0.39, 0.29) is 0 Å². The first-order valence-corrected chi connectivity index (χ1v) is 6.02. The van der Waals surface area contributed by atoms with Crippen molar-refractivity contribution in [2.45, 2.75) is 0 Å². The summed E-state index contributed by atoms with van der Waals surface area (Å²) in [5, 5.41) is 2.23. The number of thiophene rings is 1. The molecule has 0 N–H and O–H groups in total. The van der Waals surface area contributed by atoms with Crippen molar-refractivity contribution in [3.8, 4) is 11.3 Å². The van der Waals surface area contributed by atoms with Gasteiger partial charge in [-0.1, -0.05) is 23.2 Å². The molecule has 0 aromatic carbocycles. The van der Waals surface area contributed by atoms with Gasteiger partial charge in [-0.2, -0.15) is 0 Å². The van der Waals surface area contributed by atoms with Crippen molar-refractivity contribution in [3.63, 3.8) is 0 Å². The zero-order valence-electron chi connectivity index (χ0n) is 6.66. The lowest BCUT2D eigenvalue weighted by Crippen LogP contribution is -1.77. The van der Waals surface area contributed by atoms with Crippen LogP contribution in [0.3, 0.4) is 0 Å². The van der Waals surface area contributed by atoms with E-state index in [0.29, 0.717) is 19.4 Å². The molecule has 14 heavy (non-hydrogen) atoms. The highest BCUT2D eigenvalue weighted by Gasteiger charge is 2.11. The van der Waals surface area contributed by atoms with Crippen molar-refractivity contribution in [2.75, 3.05) is 0 Å². The van der Waals surface area contributed by atoms with Gasteiger partial charge in [0.25, 0.3) is 0 Å². The van der Waals surface area contributed by atoms with E-state index in [0.717, 1.165) is 11.8 Å². The third-order valence-corrected chi connectivity index (χ3v) is 3.81. The number of carbonyl (C=O) groups is 1. The number of aldehydes is 1. The Bertz CT molecular complexity index is 477. The second kappa shape index (κ2) is 3.98. The summed E-state index contributed by atoms with van der Waals surface area (Å²) in [6.07, 6.45) is 0.718. The van der Waals surface area contributed by atoms with Gasteiger partial charge in [-0.3, -0.25) is 4.79 Å². The Labute approximate surface area is 98.1 Å². The number of thiazole rings is 1. The highest BCUT2D eigenvalue weighted by Crippen LogP contribution is 2.38. The van der Waals surface area contributed by atoms with E-state index >= 15 is 0 Å². The maximum absolute atomic E-state index is 10.4. The van der Waals surface area contributed by atoms with Crippen LogP contribution in [-0.2, 0) is 0 Å². The molecule has 0 aliphatic carbocycles. The van der Waals surface area contributed by atoms with E-state index in [1.807, 2.05) is 0 Å². The molecule has 0 fully saturated rings. The summed E-state index contributed by atoms with van der Waals surface area (Å²) in [5.74, 6) is 0. The van der Waals surface area contributed by atoms with Crippen molar-refractivity contribution in [1.29, 1.82) is 0 Å². The van der Waals surface area contributed by atoms with Crippen molar-refractivity contribution >= 4 is 52.2 Å². The van der Waals surface area contributed by atoms with Crippen LogP contribution in [-0.4, -0.2) is 11.3 Å². The molecule has 72 valence electrons. The Morgan fingerprint density at radius 3 is 2.71 bits per heavy atom. The van der Waals surface area contributed by atoms with Crippen molar-refractivity contribution in [3.05, 3.63) is 25.1 Å². The van der Waals surface area contributed by atoms with Gasteiger partial charge in [-0.25, -0.2) is 4.98 Å². The van der Waals surface area contributed by atoms with Gasteiger partial charge in [0.05, 0.1) is 10.0 Å². The first-order chi connectivity index (χ1) is 6.70. The van der Waals surface area contributed by atoms with Gasteiger partial charge in [0, 0.05) is 10.9 Å². The number of halogens is 2. The molecule has 2 nitrogen and oxygen atoms in total. The minimum absolute atomic E-state index is 0.443. The van der Waals surface area contributed by atoms with Gasteiger partial charge in [-0.05, 0) is 6.07 Å². The molecule has 0 radical (unpaired) electrons. The normalized spacial score (nSPS) is 10.4. The molecule has 0 amide bonds. The van der Waals surface area contributed by atoms with E-state index in [1.165, 1.54) is 22.7 Å². The van der Waals surface area contributed by atoms with E-state index < -0.39 is 0 Å². The molecular weight excluding hydrogens is 261 g/mol. The molecule has 0 spiro atoms. The lowest BCUT2D eigenvalue weighted by molar-refractivity contribution is 0.112. The van der Waals surface area contributed by atoms with Crippen LogP contribution in [0.2, 0.25) is 8.67 Å². The first-order valence-electron chi connectivity index (χ1n) is 3.56. The van der Waals surface area contributed by atoms with E-state index in [1.54, 1.807) is 11.4 Å². The summed E-state index contributed by atoms with van der Waals surface area (Å²) >= 11 is 14.3. The molecular formula is C8H3Cl2NOS2. The highest BCUT2D eigenvalue weighted by molar-refractivity contribution is 7.20. The molecule has 0 bridgehead atoms. The predicted octanol–water partition coefficient (Wildman–Crippen LogP) is 3.99. The van der Waals surface area contributed by atoms with Crippen LogP contribution in [0.15, 0.2) is 11.4 Å². The molecule has 0 atom stereocenters. The third-order valence-electron chi connectivity index (χ3n) is 1.56. The fraction of sp³-hybridized carbons (Fsp3) is 0. The lowest BCUT2D eigenvalue weighted by atomic mass is 10.3. The van der Waals surface area contributed by atoms with Crippen LogP contribution >= 0.6 is 45.9 Å². The largest absolute Gasteiger partial charge is 0.295 e. The number of rotatable bonds is 2. The standard InChI is InChI=1S/C8H3Cl2NOS2/c9-6-1-4(8(10)14-6)5-3-13-7(2-12)11-5/h1-3H. The Hall–Kier alpha value is -0.420. The SMILES string of the molecule is O=Cc1nc(-c2cc(Cl)sc2Cl)cs1.